The van der Waals surface area contributed by atoms with E-state index in [0.29, 0.717) is 23.6 Å². The molecule has 3 heterocycles. The van der Waals surface area contributed by atoms with Crippen LogP contribution >= 0.6 is 0 Å². The summed E-state index contributed by atoms with van der Waals surface area (Å²) in [6.07, 6.45) is 0.864. The molecule has 0 radical (unpaired) electrons. The Morgan fingerprint density at radius 3 is 1.67 bits per heavy atom. The molecule has 206 valence electrons. The van der Waals surface area contributed by atoms with E-state index in [0.717, 1.165) is 35.2 Å². The highest BCUT2D eigenvalue weighted by atomic mass is 16.4. The lowest BCUT2D eigenvalue weighted by Crippen LogP contribution is -2.00. The highest BCUT2D eigenvalue weighted by Crippen LogP contribution is 2.38. The van der Waals surface area contributed by atoms with Gasteiger partial charge in [-0.05, 0) is 86.0 Å². The van der Waals surface area contributed by atoms with Gasteiger partial charge in [0.25, 0.3) is 0 Å². The van der Waals surface area contributed by atoms with Gasteiger partial charge in [0.15, 0.2) is 0 Å². The van der Waals surface area contributed by atoms with Crippen molar-refractivity contribution in [1.82, 2.24) is 25.0 Å². The maximum atomic E-state index is 6.07. The van der Waals surface area contributed by atoms with Crippen LogP contribution in [0, 0.1) is 6.92 Å². The molecular weight excluding hydrogens is 522 g/mol. The first-order valence-corrected chi connectivity index (χ1v) is 14.2. The van der Waals surface area contributed by atoms with Gasteiger partial charge in [-0.3, -0.25) is 0 Å². The summed E-state index contributed by atoms with van der Waals surface area (Å²) in [6, 6.07) is 32.5. The van der Waals surface area contributed by atoms with Gasteiger partial charge in [0.1, 0.15) is 0 Å². The van der Waals surface area contributed by atoms with Crippen molar-refractivity contribution in [3.05, 3.63) is 108 Å². The van der Waals surface area contributed by atoms with Crippen LogP contribution in [0.1, 0.15) is 25.0 Å². The van der Waals surface area contributed by atoms with E-state index in [-0.39, 0.29) is 0 Å². The Kier molecular flexibility index (Phi) is 6.47. The molecule has 0 fully saturated rings. The van der Waals surface area contributed by atoms with Gasteiger partial charge >= 0.3 is 0 Å². The predicted molar refractivity (Wildman–Crippen MR) is 165 cm³/mol. The molecule has 7 rings (SSSR count). The lowest BCUT2D eigenvalue weighted by atomic mass is 9.96. The monoisotopic (exact) mass is 551 g/mol. The van der Waals surface area contributed by atoms with Crippen LogP contribution in [-0.2, 0) is 13.0 Å². The van der Waals surface area contributed by atoms with Crippen LogP contribution in [0.4, 0.5) is 0 Å². The standard InChI is InChI=1S/C35H29N5O2/c1-4-23-20-26(34-38-36-32(41-34)24-12-8-6-9-13-24)16-18-28(23)31-22(3)29-21-27(17-19-30(29)40(31)5-2)35-39-37-33(42-35)25-14-10-7-11-15-25/h6-21H,4-5H2,1-3H3. The van der Waals surface area contributed by atoms with Crippen molar-refractivity contribution >= 4 is 10.9 Å². The molecule has 0 saturated carbocycles. The Morgan fingerprint density at radius 2 is 1.12 bits per heavy atom. The fourth-order valence-corrected chi connectivity index (χ4v) is 5.66. The summed E-state index contributed by atoms with van der Waals surface area (Å²) >= 11 is 0. The number of hydrogen-bond donors (Lipinski definition) is 0. The molecule has 42 heavy (non-hydrogen) atoms. The largest absolute Gasteiger partial charge is 0.416 e. The molecule has 7 heteroatoms. The first-order chi connectivity index (χ1) is 20.6. The number of hydrogen-bond acceptors (Lipinski definition) is 6. The van der Waals surface area contributed by atoms with Crippen molar-refractivity contribution in [3.8, 4) is 57.1 Å². The summed E-state index contributed by atoms with van der Waals surface area (Å²) < 4.78 is 14.5. The van der Waals surface area contributed by atoms with Gasteiger partial charge in [0.05, 0.1) is 5.69 Å². The molecule has 7 nitrogen and oxygen atoms in total. The average Bonchev–Trinajstić information content (AvgIpc) is 3.80. The molecule has 0 aliphatic heterocycles. The summed E-state index contributed by atoms with van der Waals surface area (Å²) in [5, 5.41) is 18.4. The zero-order valence-electron chi connectivity index (χ0n) is 23.7. The molecule has 0 aliphatic carbocycles. The van der Waals surface area contributed by atoms with Gasteiger partial charge in [-0.25, -0.2) is 0 Å². The molecular formula is C35H29N5O2. The van der Waals surface area contributed by atoms with E-state index in [9.17, 15) is 0 Å². The Balaban J connectivity index is 1.28. The molecule has 0 unspecified atom stereocenters. The Bertz CT molecular complexity index is 2020. The second-order valence-electron chi connectivity index (χ2n) is 10.2. The minimum absolute atomic E-state index is 0.508. The van der Waals surface area contributed by atoms with E-state index in [4.69, 9.17) is 8.83 Å². The summed E-state index contributed by atoms with van der Waals surface area (Å²) in [7, 11) is 0. The van der Waals surface area contributed by atoms with Gasteiger partial charge in [-0.15, -0.1) is 20.4 Å². The van der Waals surface area contributed by atoms with E-state index in [2.05, 4.69) is 82.1 Å². The number of nitrogens with zero attached hydrogens (tertiary/aromatic N) is 5. The third kappa shape index (κ3) is 4.39. The molecule has 0 saturated heterocycles. The molecule has 0 atom stereocenters. The second-order valence-corrected chi connectivity index (χ2v) is 10.2. The highest BCUT2D eigenvalue weighted by Gasteiger charge is 2.20. The average molecular weight is 552 g/mol. The maximum absolute atomic E-state index is 6.07. The zero-order chi connectivity index (χ0) is 28.6. The van der Waals surface area contributed by atoms with Gasteiger partial charge < -0.3 is 13.4 Å². The van der Waals surface area contributed by atoms with Gasteiger partial charge in [0.2, 0.25) is 23.6 Å². The molecule has 0 aliphatic rings. The van der Waals surface area contributed by atoms with Crippen LogP contribution in [0.3, 0.4) is 0 Å². The van der Waals surface area contributed by atoms with Crippen molar-refractivity contribution < 1.29 is 8.83 Å². The highest BCUT2D eigenvalue weighted by molar-refractivity contribution is 5.94. The van der Waals surface area contributed by atoms with Crippen LogP contribution in [0.5, 0.6) is 0 Å². The SMILES string of the molecule is CCc1cc(-c2nnc(-c3ccccc3)o2)ccc1-c1c(C)c2cc(-c3nnc(-c4ccccc4)o3)ccc2n1CC. The third-order valence-electron chi connectivity index (χ3n) is 7.76. The van der Waals surface area contributed by atoms with Crippen LogP contribution in [0.15, 0.2) is 106 Å². The number of benzene rings is 4. The molecule has 0 spiro atoms. The number of aromatic nitrogens is 5. The zero-order valence-corrected chi connectivity index (χ0v) is 23.7. The van der Waals surface area contributed by atoms with Crippen molar-refractivity contribution in [2.24, 2.45) is 0 Å². The Hall–Kier alpha value is -5.30. The van der Waals surface area contributed by atoms with Crippen molar-refractivity contribution in [2.75, 3.05) is 0 Å². The topological polar surface area (TPSA) is 82.8 Å². The molecule has 0 amide bonds. The van der Waals surface area contributed by atoms with Gasteiger partial charge in [-0.1, -0.05) is 49.4 Å². The quantitative estimate of drug-likeness (QED) is 0.197. The van der Waals surface area contributed by atoms with E-state index >= 15 is 0 Å². The number of fused-ring (bicyclic) bond motifs is 1. The normalized spacial score (nSPS) is 11.4. The van der Waals surface area contributed by atoms with Crippen molar-refractivity contribution in [2.45, 2.75) is 33.7 Å². The molecule has 4 aromatic carbocycles. The van der Waals surface area contributed by atoms with Crippen molar-refractivity contribution in [1.29, 1.82) is 0 Å². The molecule has 3 aromatic heterocycles. The van der Waals surface area contributed by atoms with E-state index in [1.807, 2.05) is 60.7 Å². The fraction of sp³-hybridized carbons (Fsp3) is 0.143. The third-order valence-corrected chi connectivity index (χ3v) is 7.76. The molecule has 0 N–H and O–H groups in total. The lowest BCUT2D eigenvalue weighted by molar-refractivity contribution is 0.584. The molecule has 7 aromatic rings. The maximum Gasteiger partial charge on any atom is 0.248 e. The Morgan fingerprint density at radius 1 is 0.595 bits per heavy atom. The first kappa shape index (κ1) is 25.7. The van der Waals surface area contributed by atoms with E-state index in [1.54, 1.807) is 0 Å². The smallest absolute Gasteiger partial charge is 0.248 e. The van der Waals surface area contributed by atoms with Gasteiger partial charge in [0, 0.05) is 45.3 Å². The minimum Gasteiger partial charge on any atom is -0.416 e. The fourth-order valence-electron chi connectivity index (χ4n) is 5.66. The van der Waals surface area contributed by atoms with Crippen LogP contribution in [-0.4, -0.2) is 25.0 Å². The summed E-state index contributed by atoms with van der Waals surface area (Å²) in [6.45, 7) is 7.39. The van der Waals surface area contributed by atoms with Crippen LogP contribution < -0.4 is 0 Å². The Labute approximate surface area is 243 Å². The lowest BCUT2D eigenvalue weighted by Gasteiger charge is -2.14. The molecule has 0 bridgehead atoms. The number of aryl methyl sites for hydroxylation is 3. The summed E-state index contributed by atoms with van der Waals surface area (Å²) in [5.74, 6) is 2.05. The van der Waals surface area contributed by atoms with E-state index in [1.165, 1.54) is 33.3 Å². The predicted octanol–water partition coefficient (Wildman–Crippen LogP) is 8.63. The first-order valence-electron chi connectivity index (χ1n) is 14.2. The van der Waals surface area contributed by atoms with E-state index < -0.39 is 0 Å². The number of rotatable bonds is 7. The van der Waals surface area contributed by atoms with Crippen LogP contribution in [0.2, 0.25) is 0 Å². The van der Waals surface area contributed by atoms with Gasteiger partial charge in [-0.2, -0.15) is 0 Å². The minimum atomic E-state index is 0.508. The second kappa shape index (κ2) is 10.6. The summed E-state index contributed by atoms with van der Waals surface area (Å²) in [4.78, 5) is 0. The summed E-state index contributed by atoms with van der Waals surface area (Å²) in [5.41, 5.74) is 9.63. The van der Waals surface area contributed by atoms with Crippen molar-refractivity contribution in [3.63, 3.8) is 0 Å². The van der Waals surface area contributed by atoms with Crippen LogP contribution in [0.25, 0.3) is 68.0 Å².